The third-order valence-corrected chi connectivity index (χ3v) is 4.72. The standard InChI is InChI=1S/C19H21N3O3/c1-13-8-14(9-20)5-6-16(13)17-10-21-19-22(17)11-15(12-24-19)25-18-4-2-3-7-23-18/h5-6,8,10,15,18H,2-4,7,11-12H2,1H3. The molecule has 0 spiro atoms. The zero-order valence-corrected chi connectivity index (χ0v) is 14.3. The number of rotatable bonds is 3. The molecule has 0 aliphatic carbocycles. The van der Waals surface area contributed by atoms with Crippen molar-refractivity contribution in [3.8, 4) is 23.3 Å². The second kappa shape index (κ2) is 6.87. The van der Waals surface area contributed by atoms with Crippen LogP contribution in [-0.2, 0) is 16.0 Å². The van der Waals surface area contributed by atoms with Crippen LogP contribution in [0.1, 0.15) is 30.4 Å². The molecule has 2 atom stereocenters. The van der Waals surface area contributed by atoms with Crippen LogP contribution >= 0.6 is 0 Å². The van der Waals surface area contributed by atoms with Crippen molar-refractivity contribution >= 4 is 0 Å². The summed E-state index contributed by atoms with van der Waals surface area (Å²) in [7, 11) is 0. The zero-order valence-electron chi connectivity index (χ0n) is 14.3. The van der Waals surface area contributed by atoms with E-state index in [2.05, 4.69) is 11.1 Å². The summed E-state index contributed by atoms with van der Waals surface area (Å²) in [6.45, 7) is 3.94. The third kappa shape index (κ3) is 3.26. The number of nitrogens with zero attached hydrogens (tertiary/aromatic N) is 3. The number of aryl methyl sites for hydroxylation is 1. The molecular formula is C19H21N3O3. The van der Waals surface area contributed by atoms with Crippen molar-refractivity contribution in [2.24, 2.45) is 0 Å². The van der Waals surface area contributed by atoms with Crippen LogP contribution in [0.3, 0.4) is 0 Å². The van der Waals surface area contributed by atoms with Gasteiger partial charge in [-0.05, 0) is 43.9 Å². The van der Waals surface area contributed by atoms with Crippen molar-refractivity contribution in [2.75, 3.05) is 13.2 Å². The molecule has 4 rings (SSSR count). The van der Waals surface area contributed by atoms with Gasteiger partial charge in [0, 0.05) is 12.2 Å². The molecule has 1 aromatic heterocycles. The Morgan fingerprint density at radius 1 is 1.36 bits per heavy atom. The quantitative estimate of drug-likeness (QED) is 0.860. The highest BCUT2D eigenvalue weighted by Gasteiger charge is 2.27. The number of fused-ring (bicyclic) bond motifs is 1. The van der Waals surface area contributed by atoms with E-state index >= 15 is 0 Å². The maximum Gasteiger partial charge on any atom is 0.296 e. The van der Waals surface area contributed by atoms with Crippen molar-refractivity contribution < 1.29 is 14.2 Å². The van der Waals surface area contributed by atoms with E-state index < -0.39 is 0 Å². The molecule has 1 fully saturated rings. The second-order valence-electron chi connectivity index (χ2n) is 6.54. The number of hydrogen-bond donors (Lipinski definition) is 0. The fraction of sp³-hybridized carbons (Fsp3) is 0.474. The summed E-state index contributed by atoms with van der Waals surface area (Å²) in [6, 6.07) is 8.47. The van der Waals surface area contributed by atoms with Gasteiger partial charge in [0.05, 0.1) is 30.1 Å². The Hall–Kier alpha value is -2.36. The van der Waals surface area contributed by atoms with Gasteiger partial charge in [0.25, 0.3) is 6.01 Å². The Morgan fingerprint density at radius 2 is 2.28 bits per heavy atom. The molecule has 6 heteroatoms. The van der Waals surface area contributed by atoms with Gasteiger partial charge in [0.2, 0.25) is 0 Å². The molecule has 3 heterocycles. The molecule has 2 aromatic rings. The fourth-order valence-corrected chi connectivity index (χ4v) is 3.43. The van der Waals surface area contributed by atoms with Crippen molar-refractivity contribution in [3.63, 3.8) is 0 Å². The summed E-state index contributed by atoms with van der Waals surface area (Å²) >= 11 is 0. The fourth-order valence-electron chi connectivity index (χ4n) is 3.43. The molecule has 0 saturated carbocycles. The lowest BCUT2D eigenvalue weighted by Crippen LogP contribution is -2.37. The first-order valence-corrected chi connectivity index (χ1v) is 8.71. The predicted octanol–water partition coefficient (Wildman–Crippen LogP) is 3.03. The van der Waals surface area contributed by atoms with Gasteiger partial charge in [-0.2, -0.15) is 5.26 Å². The van der Waals surface area contributed by atoms with E-state index in [1.165, 1.54) is 0 Å². The number of aromatic nitrogens is 2. The topological polar surface area (TPSA) is 69.3 Å². The molecule has 1 aromatic carbocycles. The van der Waals surface area contributed by atoms with Crippen LogP contribution in [0.2, 0.25) is 0 Å². The summed E-state index contributed by atoms with van der Waals surface area (Å²) in [4.78, 5) is 4.39. The Labute approximate surface area is 146 Å². The average molecular weight is 339 g/mol. The Balaban J connectivity index is 1.56. The molecule has 1 saturated heterocycles. The van der Waals surface area contributed by atoms with Crippen LogP contribution in [0.4, 0.5) is 0 Å². The zero-order chi connectivity index (χ0) is 17.2. The molecule has 0 radical (unpaired) electrons. The van der Waals surface area contributed by atoms with Crippen LogP contribution in [0.25, 0.3) is 11.3 Å². The van der Waals surface area contributed by atoms with Gasteiger partial charge in [-0.25, -0.2) is 4.98 Å². The van der Waals surface area contributed by atoms with Crippen LogP contribution in [0, 0.1) is 18.3 Å². The first kappa shape index (κ1) is 16.1. The van der Waals surface area contributed by atoms with Crippen LogP contribution in [0.5, 0.6) is 6.01 Å². The van der Waals surface area contributed by atoms with Crippen LogP contribution in [-0.4, -0.2) is 35.2 Å². The normalized spacial score (nSPS) is 22.7. The molecular weight excluding hydrogens is 318 g/mol. The molecule has 2 aliphatic heterocycles. The van der Waals surface area contributed by atoms with Crippen molar-refractivity contribution in [2.45, 2.75) is 45.1 Å². The van der Waals surface area contributed by atoms with Crippen molar-refractivity contribution in [1.82, 2.24) is 9.55 Å². The van der Waals surface area contributed by atoms with Gasteiger partial charge in [0.15, 0.2) is 6.29 Å². The second-order valence-corrected chi connectivity index (χ2v) is 6.54. The first-order valence-electron chi connectivity index (χ1n) is 8.71. The molecule has 6 nitrogen and oxygen atoms in total. The SMILES string of the molecule is Cc1cc(C#N)ccc1-c1cnc2n1CC(OC1CCCCO1)CO2. The maximum atomic E-state index is 9.05. The Kier molecular flexibility index (Phi) is 4.43. The number of nitriles is 1. The predicted molar refractivity (Wildman–Crippen MR) is 91.1 cm³/mol. The van der Waals surface area contributed by atoms with E-state index in [0.29, 0.717) is 24.7 Å². The summed E-state index contributed by atoms with van der Waals surface area (Å²) in [5.74, 6) is 0. The molecule has 0 N–H and O–H groups in total. The van der Waals surface area contributed by atoms with Gasteiger partial charge in [-0.3, -0.25) is 4.57 Å². The van der Waals surface area contributed by atoms with E-state index in [-0.39, 0.29) is 12.4 Å². The Bertz CT molecular complexity index is 803. The van der Waals surface area contributed by atoms with E-state index in [4.69, 9.17) is 19.5 Å². The molecule has 2 unspecified atom stereocenters. The van der Waals surface area contributed by atoms with Gasteiger partial charge >= 0.3 is 0 Å². The lowest BCUT2D eigenvalue weighted by molar-refractivity contribution is -0.199. The lowest BCUT2D eigenvalue weighted by Gasteiger charge is -2.31. The number of imidazole rings is 1. The lowest BCUT2D eigenvalue weighted by atomic mass is 10.0. The molecule has 0 amide bonds. The van der Waals surface area contributed by atoms with E-state index in [0.717, 1.165) is 42.7 Å². The van der Waals surface area contributed by atoms with Gasteiger partial charge in [0.1, 0.15) is 12.7 Å². The minimum absolute atomic E-state index is 0.0535. The van der Waals surface area contributed by atoms with Crippen molar-refractivity contribution in [3.05, 3.63) is 35.5 Å². The van der Waals surface area contributed by atoms with Gasteiger partial charge in [-0.15, -0.1) is 0 Å². The highest BCUT2D eigenvalue weighted by molar-refractivity contribution is 5.65. The summed E-state index contributed by atoms with van der Waals surface area (Å²) in [6.07, 6.45) is 4.83. The van der Waals surface area contributed by atoms with E-state index in [1.807, 2.05) is 35.9 Å². The van der Waals surface area contributed by atoms with Gasteiger partial charge < -0.3 is 14.2 Å². The average Bonchev–Trinajstić information content (AvgIpc) is 3.05. The summed E-state index contributed by atoms with van der Waals surface area (Å²) in [5.41, 5.74) is 3.73. The molecule has 25 heavy (non-hydrogen) atoms. The largest absolute Gasteiger partial charge is 0.462 e. The van der Waals surface area contributed by atoms with Crippen molar-refractivity contribution in [1.29, 1.82) is 5.26 Å². The number of ether oxygens (including phenoxy) is 3. The molecule has 0 bridgehead atoms. The Morgan fingerprint density at radius 3 is 3.04 bits per heavy atom. The van der Waals surface area contributed by atoms with Crippen LogP contribution < -0.4 is 4.74 Å². The highest BCUT2D eigenvalue weighted by atomic mass is 16.7. The monoisotopic (exact) mass is 339 g/mol. The molecule has 2 aliphatic rings. The van der Waals surface area contributed by atoms with E-state index in [1.54, 1.807) is 0 Å². The highest BCUT2D eigenvalue weighted by Crippen LogP contribution is 2.31. The summed E-state index contributed by atoms with van der Waals surface area (Å²) < 4.78 is 19.6. The first-order chi connectivity index (χ1) is 12.2. The summed E-state index contributed by atoms with van der Waals surface area (Å²) in [5, 5.41) is 9.05. The maximum absolute atomic E-state index is 9.05. The van der Waals surface area contributed by atoms with Gasteiger partial charge in [-0.1, -0.05) is 6.07 Å². The third-order valence-electron chi connectivity index (χ3n) is 4.72. The van der Waals surface area contributed by atoms with Crippen LogP contribution in [0.15, 0.2) is 24.4 Å². The minimum Gasteiger partial charge on any atom is -0.462 e. The number of benzene rings is 1. The smallest absolute Gasteiger partial charge is 0.296 e. The number of hydrogen-bond acceptors (Lipinski definition) is 5. The minimum atomic E-state index is -0.132. The van der Waals surface area contributed by atoms with E-state index in [9.17, 15) is 0 Å². The molecule has 130 valence electrons.